The quantitative estimate of drug-likeness (QED) is 0.418. The van der Waals surface area contributed by atoms with Gasteiger partial charge in [0.15, 0.2) is 4.96 Å². The first-order valence-corrected chi connectivity index (χ1v) is 11.0. The number of rotatable bonds is 3. The summed E-state index contributed by atoms with van der Waals surface area (Å²) < 4.78 is 4.47. The van der Waals surface area contributed by atoms with E-state index in [1.54, 1.807) is 4.40 Å². The van der Waals surface area contributed by atoms with Crippen molar-refractivity contribution in [2.24, 2.45) is 0 Å². The fourth-order valence-electron chi connectivity index (χ4n) is 4.23. The zero-order chi connectivity index (χ0) is 21.7. The Kier molecular flexibility index (Phi) is 4.17. The third-order valence-electron chi connectivity index (χ3n) is 5.73. The van der Waals surface area contributed by atoms with E-state index >= 15 is 0 Å². The lowest BCUT2D eigenvalue weighted by molar-refractivity contribution is 0.833. The van der Waals surface area contributed by atoms with Gasteiger partial charge in [-0.15, -0.1) is 0 Å². The van der Waals surface area contributed by atoms with Crippen molar-refractivity contribution in [3.63, 3.8) is 0 Å². The molecule has 3 heterocycles. The highest BCUT2D eigenvalue weighted by Crippen LogP contribution is 2.24. The molecule has 0 aliphatic heterocycles. The van der Waals surface area contributed by atoms with Gasteiger partial charge in [0.2, 0.25) is 0 Å². The summed E-state index contributed by atoms with van der Waals surface area (Å²) in [6.07, 6.45) is 4.00. The van der Waals surface area contributed by atoms with Crippen LogP contribution in [0.2, 0.25) is 0 Å². The predicted octanol–water partition coefficient (Wildman–Crippen LogP) is 4.33. The number of nitriles is 1. The van der Waals surface area contributed by atoms with Crippen LogP contribution in [0.5, 0.6) is 0 Å². The van der Waals surface area contributed by atoms with Crippen molar-refractivity contribution in [3.05, 3.63) is 111 Å². The van der Waals surface area contributed by atoms with Crippen LogP contribution in [-0.4, -0.2) is 14.0 Å². The minimum absolute atomic E-state index is 0.0506. The van der Waals surface area contributed by atoms with E-state index in [2.05, 4.69) is 33.9 Å². The largest absolute Gasteiger partial charge is 0.342 e. The number of aromatic nitrogens is 3. The molecule has 32 heavy (non-hydrogen) atoms. The molecule has 3 aromatic carbocycles. The smallest absolute Gasteiger partial charge is 0.274 e. The van der Waals surface area contributed by atoms with Crippen molar-refractivity contribution in [2.75, 3.05) is 0 Å². The molecule has 3 aromatic heterocycles. The van der Waals surface area contributed by atoms with Crippen molar-refractivity contribution >= 4 is 44.3 Å². The van der Waals surface area contributed by atoms with Crippen molar-refractivity contribution in [1.29, 1.82) is 5.26 Å². The van der Waals surface area contributed by atoms with E-state index in [9.17, 15) is 10.1 Å². The van der Waals surface area contributed by atoms with Crippen molar-refractivity contribution in [3.8, 4) is 6.07 Å². The van der Waals surface area contributed by atoms with Gasteiger partial charge in [0, 0.05) is 29.2 Å². The summed E-state index contributed by atoms with van der Waals surface area (Å²) in [4.78, 5) is 18.5. The van der Waals surface area contributed by atoms with Crippen LogP contribution in [0.4, 0.5) is 0 Å². The fraction of sp³-hybridized carbons (Fsp3) is 0.0385. The number of thiazole rings is 1. The van der Waals surface area contributed by atoms with Crippen LogP contribution < -0.4 is 10.1 Å². The number of hydrogen-bond donors (Lipinski definition) is 0. The molecule has 0 unspecified atom stereocenters. The van der Waals surface area contributed by atoms with Crippen LogP contribution in [0.3, 0.4) is 0 Å². The van der Waals surface area contributed by atoms with E-state index in [1.165, 1.54) is 11.3 Å². The average molecular weight is 433 g/mol. The molecule has 0 fully saturated rings. The Hall–Kier alpha value is -4.21. The van der Waals surface area contributed by atoms with Gasteiger partial charge in [0.05, 0.1) is 27.2 Å². The SMILES string of the molecule is N#Cc1ccccc1Cn1cc(/C=c2/sc3nc4ccccc4n3c2=O)c2ccccc21. The number of imidazole rings is 1. The molecule has 5 nitrogen and oxygen atoms in total. The third kappa shape index (κ3) is 2.83. The highest BCUT2D eigenvalue weighted by Gasteiger charge is 2.13. The number of benzene rings is 3. The molecule has 0 aliphatic rings. The first kappa shape index (κ1) is 18.6. The van der Waals surface area contributed by atoms with Crippen LogP contribution in [0, 0.1) is 11.3 Å². The van der Waals surface area contributed by atoms with Crippen LogP contribution in [-0.2, 0) is 6.54 Å². The third-order valence-corrected chi connectivity index (χ3v) is 6.70. The number of fused-ring (bicyclic) bond motifs is 4. The molecule has 6 rings (SSSR count). The number of hydrogen-bond acceptors (Lipinski definition) is 4. The van der Waals surface area contributed by atoms with E-state index in [0.717, 1.165) is 33.1 Å². The lowest BCUT2D eigenvalue weighted by atomic mass is 10.1. The second-order valence-electron chi connectivity index (χ2n) is 7.63. The first-order chi connectivity index (χ1) is 15.7. The molecule has 0 spiro atoms. The fourth-order valence-corrected chi connectivity index (χ4v) is 5.20. The zero-order valence-corrected chi connectivity index (χ0v) is 17.7. The molecule has 152 valence electrons. The van der Waals surface area contributed by atoms with E-state index in [-0.39, 0.29) is 5.56 Å². The van der Waals surface area contributed by atoms with E-state index in [0.29, 0.717) is 21.6 Å². The molecule has 0 aliphatic carbocycles. The Labute approximate surface area is 186 Å². The molecule has 0 amide bonds. The summed E-state index contributed by atoms with van der Waals surface area (Å²) in [5.41, 5.74) is 5.28. The molecule has 0 atom stereocenters. The number of nitrogens with zero attached hydrogens (tertiary/aromatic N) is 4. The molecular formula is C26H16N4OS. The summed E-state index contributed by atoms with van der Waals surface area (Å²) in [6, 6.07) is 25.7. The Morgan fingerprint density at radius 2 is 1.72 bits per heavy atom. The van der Waals surface area contributed by atoms with Gasteiger partial charge in [0.25, 0.3) is 5.56 Å². The molecule has 6 heteroatoms. The number of para-hydroxylation sites is 3. The summed E-state index contributed by atoms with van der Waals surface area (Å²) >= 11 is 1.40. The monoisotopic (exact) mass is 432 g/mol. The maximum Gasteiger partial charge on any atom is 0.274 e. The molecule has 0 saturated carbocycles. The van der Waals surface area contributed by atoms with Crippen molar-refractivity contribution in [2.45, 2.75) is 6.54 Å². The first-order valence-electron chi connectivity index (χ1n) is 10.2. The highest BCUT2D eigenvalue weighted by molar-refractivity contribution is 7.15. The van der Waals surface area contributed by atoms with Crippen LogP contribution in [0.25, 0.3) is 33.0 Å². The maximum absolute atomic E-state index is 13.2. The van der Waals surface area contributed by atoms with Gasteiger partial charge >= 0.3 is 0 Å². The maximum atomic E-state index is 13.2. The molecule has 0 N–H and O–H groups in total. The summed E-state index contributed by atoms with van der Waals surface area (Å²) in [7, 11) is 0. The summed E-state index contributed by atoms with van der Waals surface area (Å²) in [5, 5.41) is 10.5. The molecule has 0 radical (unpaired) electrons. The van der Waals surface area contributed by atoms with Crippen molar-refractivity contribution in [1.82, 2.24) is 14.0 Å². The van der Waals surface area contributed by atoms with Crippen LogP contribution in [0.1, 0.15) is 16.7 Å². The van der Waals surface area contributed by atoms with Gasteiger partial charge < -0.3 is 4.57 Å². The van der Waals surface area contributed by atoms with Gasteiger partial charge in [-0.25, -0.2) is 9.38 Å². The minimum Gasteiger partial charge on any atom is -0.342 e. The Morgan fingerprint density at radius 1 is 0.969 bits per heavy atom. The van der Waals surface area contributed by atoms with Crippen molar-refractivity contribution < 1.29 is 0 Å². The van der Waals surface area contributed by atoms with Gasteiger partial charge in [-0.1, -0.05) is 59.9 Å². The molecule has 0 bridgehead atoms. The van der Waals surface area contributed by atoms with Gasteiger partial charge in [-0.3, -0.25) is 4.79 Å². The summed E-state index contributed by atoms with van der Waals surface area (Å²) in [6.45, 7) is 0.584. The Bertz CT molecular complexity index is 1800. The van der Waals surface area contributed by atoms with Gasteiger partial charge in [0.1, 0.15) is 0 Å². The topological polar surface area (TPSA) is 63.1 Å². The highest BCUT2D eigenvalue weighted by atomic mass is 32.1. The zero-order valence-electron chi connectivity index (χ0n) is 16.9. The van der Waals surface area contributed by atoms with Gasteiger partial charge in [-0.2, -0.15) is 5.26 Å². The molecular weight excluding hydrogens is 416 g/mol. The Morgan fingerprint density at radius 3 is 2.59 bits per heavy atom. The lowest BCUT2D eigenvalue weighted by Crippen LogP contribution is -2.22. The summed E-state index contributed by atoms with van der Waals surface area (Å²) in [5.74, 6) is 0. The molecule has 6 aromatic rings. The second kappa shape index (κ2) is 7.19. The van der Waals surface area contributed by atoms with E-state index in [4.69, 9.17) is 0 Å². The van der Waals surface area contributed by atoms with E-state index in [1.807, 2.05) is 66.7 Å². The minimum atomic E-state index is -0.0506. The van der Waals surface area contributed by atoms with E-state index < -0.39 is 0 Å². The normalized spacial score (nSPS) is 12.2. The standard InChI is InChI=1S/C26H16N4OS/c27-14-17-7-1-2-8-18(17)15-29-16-19(20-9-3-5-11-22(20)29)13-24-25(31)30-23-12-6-4-10-21(23)28-26(30)32-24/h1-13,16H,15H2/b24-13+. The van der Waals surface area contributed by atoms with Crippen LogP contribution in [0.15, 0.2) is 83.8 Å². The second-order valence-corrected chi connectivity index (χ2v) is 8.64. The molecule has 0 saturated heterocycles. The predicted molar refractivity (Wildman–Crippen MR) is 128 cm³/mol. The lowest BCUT2D eigenvalue weighted by Gasteiger charge is -2.07. The van der Waals surface area contributed by atoms with Crippen LogP contribution >= 0.6 is 11.3 Å². The van der Waals surface area contributed by atoms with Gasteiger partial charge in [-0.05, 0) is 35.9 Å². The Balaban J connectivity index is 1.53. The average Bonchev–Trinajstić information content (AvgIpc) is 3.46.